The van der Waals surface area contributed by atoms with E-state index in [1.807, 2.05) is 25.1 Å². The minimum absolute atomic E-state index is 0.107. The highest BCUT2D eigenvalue weighted by Crippen LogP contribution is 2.11. The van der Waals surface area contributed by atoms with Crippen LogP contribution in [0.4, 0.5) is 0 Å². The van der Waals surface area contributed by atoms with Gasteiger partial charge in [0.25, 0.3) is 5.91 Å². The van der Waals surface area contributed by atoms with Gasteiger partial charge in [-0.25, -0.2) is 0 Å². The monoisotopic (exact) mass is 318 g/mol. The normalized spacial score (nSPS) is 9.78. The molecule has 0 aliphatic rings. The van der Waals surface area contributed by atoms with Crippen LogP contribution in [0, 0.1) is 18.3 Å². The fraction of sp³-hybridized carbons (Fsp3) is 0.471. The average Bonchev–Trinajstić information content (AvgIpc) is 2.54. The summed E-state index contributed by atoms with van der Waals surface area (Å²) < 4.78 is 10.3. The molecule has 6 heteroatoms. The Labute approximate surface area is 136 Å². The fourth-order valence-corrected chi connectivity index (χ4v) is 1.88. The smallest absolute Gasteiger partial charge is 0.307 e. The van der Waals surface area contributed by atoms with Crippen LogP contribution in [-0.2, 0) is 14.3 Å². The van der Waals surface area contributed by atoms with Crippen LogP contribution in [-0.4, -0.2) is 43.1 Å². The molecule has 1 amide bonds. The van der Waals surface area contributed by atoms with Crippen molar-refractivity contribution in [3.63, 3.8) is 0 Å². The van der Waals surface area contributed by atoms with Gasteiger partial charge >= 0.3 is 5.97 Å². The van der Waals surface area contributed by atoms with E-state index in [4.69, 9.17) is 14.7 Å². The number of ether oxygens (including phenoxy) is 2. The number of rotatable bonds is 9. The van der Waals surface area contributed by atoms with Crippen molar-refractivity contribution in [2.75, 3.05) is 26.3 Å². The lowest BCUT2D eigenvalue weighted by Crippen LogP contribution is -2.37. The maximum Gasteiger partial charge on any atom is 0.307 e. The van der Waals surface area contributed by atoms with Crippen molar-refractivity contribution < 1.29 is 19.1 Å². The Morgan fingerprint density at radius 1 is 1.22 bits per heavy atom. The van der Waals surface area contributed by atoms with Crippen LogP contribution in [0.15, 0.2) is 24.3 Å². The molecule has 0 fully saturated rings. The Kier molecular flexibility index (Phi) is 8.22. The highest BCUT2D eigenvalue weighted by molar-refractivity contribution is 5.78. The molecule has 0 bridgehead atoms. The lowest BCUT2D eigenvalue weighted by Gasteiger charge is -2.21. The van der Waals surface area contributed by atoms with E-state index in [1.54, 1.807) is 19.1 Å². The number of benzene rings is 1. The first kappa shape index (κ1) is 18.5. The number of hydrogen-bond acceptors (Lipinski definition) is 5. The van der Waals surface area contributed by atoms with Crippen molar-refractivity contribution in [2.24, 2.45) is 0 Å². The van der Waals surface area contributed by atoms with Crippen LogP contribution >= 0.6 is 0 Å². The molecule has 1 rings (SSSR count). The van der Waals surface area contributed by atoms with Gasteiger partial charge in [-0.15, -0.1) is 0 Å². The molecule has 0 aliphatic carbocycles. The van der Waals surface area contributed by atoms with Crippen LogP contribution in [0.2, 0.25) is 0 Å². The van der Waals surface area contributed by atoms with Gasteiger partial charge in [0, 0.05) is 13.1 Å². The van der Waals surface area contributed by atoms with Gasteiger partial charge in [-0.05, 0) is 26.0 Å². The molecule has 1 aromatic rings. The number of nitriles is 1. The van der Waals surface area contributed by atoms with E-state index in [2.05, 4.69) is 0 Å². The predicted octanol–water partition coefficient (Wildman–Crippen LogP) is 2.07. The molecule has 0 unspecified atom stereocenters. The van der Waals surface area contributed by atoms with Gasteiger partial charge < -0.3 is 14.4 Å². The highest BCUT2D eigenvalue weighted by atomic mass is 16.5. The third-order valence-corrected chi connectivity index (χ3v) is 3.12. The maximum atomic E-state index is 12.2. The number of amides is 1. The number of carbonyl (C=O) groups excluding carboxylic acids is 2. The summed E-state index contributed by atoms with van der Waals surface area (Å²) in [5.41, 5.74) is 1.11. The zero-order chi connectivity index (χ0) is 17.1. The quantitative estimate of drug-likeness (QED) is 0.651. The summed E-state index contributed by atoms with van der Waals surface area (Å²) in [5.74, 6) is -0.0126. The van der Waals surface area contributed by atoms with Crippen molar-refractivity contribution in [3.05, 3.63) is 29.8 Å². The van der Waals surface area contributed by atoms with E-state index in [-0.39, 0.29) is 44.4 Å². The van der Waals surface area contributed by atoms with Crippen molar-refractivity contribution in [3.8, 4) is 11.8 Å². The molecule has 0 atom stereocenters. The zero-order valence-corrected chi connectivity index (χ0v) is 13.6. The maximum absolute atomic E-state index is 12.2. The molecular formula is C17H22N2O4. The predicted molar refractivity (Wildman–Crippen MR) is 84.7 cm³/mol. The average molecular weight is 318 g/mol. The lowest BCUT2D eigenvalue weighted by molar-refractivity contribution is -0.144. The molecule has 23 heavy (non-hydrogen) atoms. The van der Waals surface area contributed by atoms with Crippen LogP contribution in [0.1, 0.15) is 25.3 Å². The van der Waals surface area contributed by atoms with E-state index in [9.17, 15) is 9.59 Å². The highest BCUT2D eigenvalue weighted by Gasteiger charge is 2.16. The molecule has 124 valence electrons. The molecule has 6 nitrogen and oxygen atoms in total. The van der Waals surface area contributed by atoms with Crippen molar-refractivity contribution >= 4 is 11.9 Å². The molecule has 0 heterocycles. The summed E-state index contributed by atoms with van der Waals surface area (Å²) in [7, 11) is 0. The fourth-order valence-electron chi connectivity index (χ4n) is 1.88. The zero-order valence-electron chi connectivity index (χ0n) is 13.6. The second-order valence-electron chi connectivity index (χ2n) is 4.95. The van der Waals surface area contributed by atoms with Crippen molar-refractivity contribution in [1.29, 1.82) is 5.26 Å². The van der Waals surface area contributed by atoms with Crippen LogP contribution in [0.5, 0.6) is 5.75 Å². The van der Waals surface area contributed by atoms with E-state index in [0.29, 0.717) is 12.4 Å². The standard InChI is InChI=1S/C17H22N2O4/c1-3-22-17(21)9-12-19(11-4-10-18)16(20)13-23-15-7-5-14(2)6-8-15/h5-8H,3-4,9,11-13H2,1-2H3. The number of carbonyl (C=O) groups is 2. The van der Waals surface area contributed by atoms with Gasteiger partial charge in [0.2, 0.25) is 0 Å². The Morgan fingerprint density at radius 2 is 1.91 bits per heavy atom. The van der Waals surface area contributed by atoms with Gasteiger partial charge in [-0.3, -0.25) is 9.59 Å². The first-order valence-electron chi connectivity index (χ1n) is 7.56. The van der Waals surface area contributed by atoms with Gasteiger partial charge in [0.1, 0.15) is 5.75 Å². The first-order valence-corrected chi connectivity index (χ1v) is 7.56. The summed E-state index contributed by atoms with van der Waals surface area (Å²) in [5, 5.41) is 8.68. The van der Waals surface area contributed by atoms with Crippen molar-refractivity contribution in [2.45, 2.75) is 26.7 Å². The molecule has 0 saturated carbocycles. The summed E-state index contributed by atoms with van der Waals surface area (Å²) in [6.07, 6.45) is 0.314. The third-order valence-electron chi connectivity index (χ3n) is 3.12. The molecule has 1 aromatic carbocycles. The largest absolute Gasteiger partial charge is 0.484 e. The minimum atomic E-state index is -0.360. The Bertz CT molecular complexity index is 549. The van der Waals surface area contributed by atoms with Crippen molar-refractivity contribution in [1.82, 2.24) is 4.90 Å². The number of hydrogen-bond donors (Lipinski definition) is 0. The topological polar surface area (TPSA) is 79.6 Å². The van der Waals surface area contributed by atoms with Crippen LogP contribution in [0.3, 0.4) is 0 Å². The first-order chi connectivity index (χ1) is 11.1. The second kappa shape index (κ2) is 10.2. The van der Waals surface area contributed by atoms with Crippen LogP contribution < -0.4 is 4.74 Å². The molecule has 0 spiro atoms. The molecule has 0 aliphatic heterocycles. The molecule has 0 radical (unpaired) electrons. The molecule has 0 aromatic heterocycles. The minimum Gasteiger partial charge on any atom is -0.484 e. The van der Waals surface area contributed by atoms with Gasteiger partial charge in [0.15, 0.2) is 6.61 Å². The van der Waals surface area contributed by atoms with Gasteiger partial charge in [-0.2, -0.15) is 5.26 Å². The summed E-state index contributed by atoms with van der Waals surface area (Å²) in [6.45, 7) is 4.36. The molecule has 0 N–H and O–H groups in total. The van der Waals surface area contributed by atoms with E-state index < -0.39 is 0 Å². The molecule has 0 saturated heterocycles. The molecular weight excluding hydrogens is 296 g/mol. The number of aryl methyl sites for hydroxylation is 1. The van der Waals surface area contributed by atoms with E-state index in [0.717, 1.165) is 5.56 Å². The number of esters is 1. The van der Waals surface area contributed by atoms with E-state index in [1.165, 1.54) is 4.90 Å². The lowest BCUT2D eigenvalue weighted by atomic mass is 10.2. The van der Waals surface area contributed by atoms with Gasteiger partial charge in [0.05, 0.1) is 25.5 Å². The summed E-state index contributed by atoms with van der Waals surface area (Å²) >= 11 is 0. The summed E-state index contributed by atoms with van der Waals surface area (Å²) in [6, 6.07) is 9.37. The third kappa shape index (κ3) is 7.32. The van der Waals surface area contributed by atoms with E-state index >= 15 is 0 Å². The SMILES string of the molecule is CCOC(=O)CCN(CCC#N)C(=O)COc1ccc(C)cc1. The second-order valence-corrected chi connectivity index (χ2v) is 4.95. The Morgan fingerprint density at radius 3 is 2.52 bits per heavy atom. The van der Waals surface area contributed by atoms with Crippen LogP contribution in [0.25, 0.3) is 0 Å². The summed E-state index contributed by atoms with van der Waals surface area (Å²) in [4.78, 5) is 25.1. The number of nitrogens with zero attached hydrogens (tertiary/aromatic N) is 2. The Balaban J connectivity index is 2.51. The Hall–Kier alpha value is -2.55. The van der Waals surface area contributed by atoms with Gasteiger partial charge in [-0.1, -0.05) is 17.7 Å².